The van der Waals surface area contributed by atoms with Crippen LogP contribution in [-0.2, 0) is 0 Å². The molecule has 0 spiro atoms. The van der Waals surface area contributed by atoms with Crippen molar-refractivity contribution >= 4 is 22.6 Å². The van der Waals surface area contributed by atoms with E-state index in [9.17, 15) is 0 Å². The lowest BCUT2D eigenvalue weighted by Gasteiger charge is -2.26. The summed E-state index contributed by atoms with van der Waals surface area (Å²) in [4.78, 5) is 4.72. The molecular formula is C15H19ClN2. The topological polar surface area (TPSA) is 17.8 Å². The summed E-state index contributed by atoms with van der Waals surface area (Å²) >= 11 is 6.32. The maximum absolute atomic E-state index is 6.32. The zero-order valence-corrected chi connectivity index (χ0v) is 11.5. The van der Waals surface area contributed by atoms with Crippen LogP contribution < -0.4 is 0 Å². The quantitative estimate of drug-likeness (QED) is 0.708. The Bertz CT molecular complexity index is 538. The largest absolute Gasteiger partial charge is 0.324 e. The highest BCUT2D eigenvalue weighted by molar-refractivity contribution is 6.20. The van der Waals surface area contributed by atoms with Crippen molar-refractivity contribution in [1.29, 1.82) is 0 Å². The molecule has 0 amide bonds. The van der Waals surface area contributed by atoms with E-state index in [1.807, 2.05) is 13.0 Å². The highest BCUT2D eigenvalue weighted by atomic mass is 35.5. The Hall–Kier alpha value is -1.02. The fourth-order valence-electron chi connectivity index (χ4n) is 3.07. The van der Waals surface area contributed by atoms with Gasteiger partial charge in [0.25, 0.3) is 0 Å². The van der Waals surface area contributed by atoms with Crippen molar-refractivity contribution in [2.45, 2.75) is 50.4 Å². The number of rotatable bonds is 2. The Labute approximate surface area is 113 Å². The highest BCUT2D eigenvalue weighted by Gasteiger charge is 2.22. The third kappa shape index (κ3) is 2.03. The van der Waals surface area contributed by atoms with Crippen LogP contribution in [0.5, 0.6) is 0 Å². The average molecular weight is 263 g/mol. The molecule has 18 heavy (non-hydrogen) atoms. The molecule has 1 aromatic carbocycles. The molecule has 1 heterocycles. The molecule has 2 nitrogen and oxygen atoms in total. The predicted molar refractivity (Wildman–Crippen MR) is 76.1 cm³/mol. The number of nitrogens with zero attached hydrogens (tertiary/aromatic N) is 2. The lowest BCUT2D eigenvalue weighted by Crippen LogP contribution is -2.15. The van der Waals surface area contributed by atoms with Gasteiger partial charge in [-0.2, -0.15) is 0 Å². The number of hydrogen-bond donors (Lipinski definition) is 0. The van der Waals surface area contributed by atoms with Gasteiger partial charge < -0.3 is 4.57 Å². The highest BCUT2D eigenvalue weighted by Crippen LogP contribution is 2.35. The first-order valence-electron chi connectivity index (χ1n) is 6.88. The molecule has 3 rings (SSSR count). The SMILES string of the molecule is CC(Cl)c1nc2ccccc2n1C1CCCCC1. The minimum atomic E-state index is -0.0284. The fourth-order valence-corrected chi connectivity index (χ4v) is 3.22. The number of benzene rings is 1. The standard InChI is InChI=1S/C15H19ClN2/c1-11(16)15-17-13-9-5-6-10-14(13)18(15)12-7-3-2-4-8-12/h5-6,9-12H,2-4,7-8H2,1H3. The molecule has 1 atom stereocenters. The Morgan fingerprint density at radius 2 is 1.94 bits per heavy atom. The van der Waals surface area contributed by atoms with E-state index in [0.29, 0.717) is 6.04 Å². The molecule has 1 unspecified atom stereocenters. The van der Waals surface area contributed by atoms with Gasteiger partial charge in [-0.05, 0) is 31.9 Å². The molecule has 1 aromatic heterocycles. The van der Waals surface area contributed by atoms with Gasteiger partial charge in [-0.25, -0.2) is 4.98 Å². The first-order valence-corrected chi connectivity index (χ1v) is 7.32. The Kier molecular flexibility index (Phi) is 3.29. The molecule has 0 aliphatic heterocycles. The van der Waals surface area contributed by atoms with E-state index in [2.05, 4.69) is 22.8 Å². The summed E-state index contributed by atoms with van der Waals surface area (Å²) in [6.07, 6.45) is 6.55. The summed E-state index contributed by atoms with van der Waals surface area (Å²) in [6, 6.07) is 8.97. The van der Waals surface area contributed by atoms with Gasteiger partial charge in [-0.3, -0.25) is 0 Å². The van der Waals surface area contributed by atoms with Crippen LogP contribution in [0.25, 0.3) is 11.0 Å². The van der Waals surface area contributed by atoms with Crippen LogP contribution in [0.2, 0.25) is 0 Å². The number of alkyl halides is 1. The second kappa shape index (κ2) is 4.93. The average Bonchev–Trinajstić information content (AvgIpc) is 2.79. The predicted octanol–water partition coefficient (Wildman–Crippen LogP) is 4.84. The van der Waals surface area contributed by atoms with Crippen LogP contribution in [0.3, 0.4) is 0 Å². The van der Waals surface area contributed by atoms with Gasteiger partial charge in [0.1, 0.15) is 5.82 Å². The van der Waals surface area contributed by atoms with Crippen LogP contribution in [0.4, 0.5) is 0 Å². The van der Waals surface area contributed by atoms with Gasteiger partial charge in [-0.1, -0.05) is 31.4 Å². The van der Waals surface area contributed by atoms with E-state index < -0.39 is 0 Å². The van der Waals surface area contributed by atoms with E-state index in [1.54, 1.807) is 0 Å². The van der Waals surface area contributed by atoms with Crippen LogP contribution in [0, 0.1) is 0 Å². The molecule has 0 bridgehead atoms. The first-order chi connectivity index (χ1) is 8.77. The molecule has 0 saturated heterocycles. The van der Waals surface area contributed by atoms with Gasteiger partial charge >= 0.3 is 0 Å². The minimum absolute atomic E-state index is 0.0284. The summed E-state index contributed by atoms with van der Waals surface area (Å²) in [5.74, 6) is 1.03. The van der Waals surface area contributed by atoms with E-state index >= 15 is 0 Å². The Morgan fingerprint density at radius 3 is 2.67 bits per heavy atom. The molecule has 3 heteroatoms. The second-order valence-corrected chi connectivity index (χ2v) is 5.89. The molecule has 1 aliphatic rings. The van der Waals surface area contributed by atoms with Crippen molar-refractivity contribution in [2.75, 3.05) is 0 Å². The zero-order valence-electron chi connectivity index (χ0n) is 10.8. The summed E-state index contributed by atoms with van der Waals surface area (Å²) in [6.45, 7) is 2.02. The monoisotopic (exact) mass is 262 g/mol. The van der Waals surface area contributed by atoms with Gasteiger partial charge in [-0.15, -0.1) is 11.6 Å². The van der Waals surface area contributed by atoms with Crippen LogP contribution in [-0.4, -0.2) is 9.55 Å². The smallest absolute Gasteiger partial charge is 0.127 e. The fraction of sp³-hybridized carbons (Fsp3) is 0.533. The number of hydrogen-bond acceptors (Lipinski definition) is 1. The molecule has 1 fully saturated rings. The van der Waals surface area contributed by atoms with E-state index in [4.69, 9.17) is 16.6 Å². The number of para-hydroxylation sites is 2. The van der Waals surface area contributed by atoms with Crippen LogP contribution >= 0.6 is 11.6 Å². The van der Waals surface area contributed by atoms with Crippen molar-refractivity contribution in [3.05, 3.63) is 30.1 Å². The van der Waals surface area contributed by atoms with E-state index in [1.165, 1.54) is 37.6 Å². The van der Waals surface area contributed by atoms with E-state index in [0.717, 1.165) is 11.3 Å². The lowest BCUT2D eigenvalue weighted by atomic mass is 9.95. The van der Waals surface area contributed by atoms with Gasteiger partial charge in [0, 0.05) is 6.04 Å². The summed E-state index contributed by atoms with van der Waals surface area (Å²) < 4.78 is 2.40. The second-order valence-electron chi connectivity index (χ2n) is 5.24. The Balaban J connectivity index is 2.14. The molecular weight excluding hydrogens is 244 g/mol. The summed E-state index contributed by atoms with van der Waals surface area (Å²) in [7, 11) is 0. The molecule has 96 valence electrons. The van der Waals surface area contributed by atoms with Crippen molar-refractivity contribution in [1.82, 2.24) is 9.55 Å². The van der Waals surface area contributed by atoms with Crippen LogP contribution in [0.15, 0.2) is 24.3 Å². The van der Waals surface area contributed by atoms with Crippen molar-refractivity contribution < 1.29 is 0 Å². The van der Waals surface area contributed by atoms with Crippen molar-refractivity contribution in [3.63, 3.8) is 0 Å². The van der Waals surface area contributed by atoms with Crippen LogP contribution in [0.1, 0.15) is 56.3 Å². The molecule has 0 radical (unpaired) electrons. The number of aromatic nitrogens is 2. The number of halogens is 1. The maximum atomic E-state index is 6.32. The molecule has 0 N–H and O–H groups in total. The third-order valence-electron chi connectivity index (χ3n) is 3.92. The van der Waals surface area contributed by atoms with Gasteiger partial charge in [0.05, 0.1) is 16.4 Å². The van der Waals surface area contributed by atoms with Gasteiger partial charge in [0.15, 0.2) is 0 Å². The number of imidazole rings is 1. The summed E-state index contributed by atoms with van der Waals surface area (Å²) in [5.41, 5.74) is 2.32. The van der Waals surface area contributed by atoms with Crippen molar-refractivity contribution in [3.8, 4) is 0 Å². The summed E-state index contributed by atoms with van der Waals surface area (Å²) in [5, 5.41) is -0.0284. The third-order valence-corrected chi connectivity index (χ3v) is 4.11. The molecule has 2 aromatic rings. The maximum Gasteiger partial charge on any atom is 0.127 e. The van der Waals surface area contributed by atoms with Gasteiger partial charge in [0.2, 0.25) is 0 Å². The first kappa shape index (κ1) is 12.0. The Morgan fingerprint density at radius 1 is 1.22 bits per heavy atom. The zero-order chi connectivity index (χ0) is 12.5. The number of fused-ring (bicyclic) bond motifs is 1. The molecule has 1 aliphatic carbocycles. The van der Waals surface area contributed by atoms with E-state index in [-0.39, 0.29) is 5.38 Å². The normalized spacial score (nSPS) is 19.2. The molecule has 1 saturated carbocycles. The lowest BCUT2D eigenvalue weighted by molar-refractivity contribution is 0.352. The van der Waals surface area contributed by atoms with Crippen molar-refractivity contribution in [2.24, 2.45) is 0 Å². The minimum Gasteiger partial charge on any atom is -0.324 e.